The largest absolute Gasteiger partial charge is 0.363 e. The second-order valence-corrected chi connectivity index (χ2v) is 0.865. The maximum atomic E-state index is 10.7. The molecular formula is C3H5F3IZn-. The Kier molecular flexibility index (Phi) is 12.6. The summed E-state index contributed by atoms with van der Waals surface area (Å²) in [5, 5.41) is 0. The predicted octanol–water partition coefficient (Wildman–Crippen LogP) is 2.39. The maximum Gasteiger partial charge on any atom is 0.363 e. The fourth-order valence-electron chi connectivity index (χ4n) is 0. The minimum atomic E-state index is -4.07. The standard InChI is InChI=1S/C3H4F3.HI.Zn/c1-2-3(4,5)6;;/h1-2H2;1H;/q-1;;. The predicted molar refractivity (Wildman–Crippen MR) is 31.4 cm³/mol. The third-order valence-corrected chi connectivity index (χ3v) is 0.283. The van der Waals surface area contributed by atoms with Crippen molar-refractivity contribution < 1.29 is 32.6 Å². The first-order chi connectivity index (χ1) is 2.56. The van der Waals surface area contributed by atoms with Crippen LogP contribution >= 0.6 is 24.0 Å². The van der Waals surface area contributed by atoms with Crippen LogP contribution in [0, 0.1) is 6.92 Å². The molecule has 0 radical (unpaired) electrons. The van der Waals surface area contributed by atoms with Gasteiger partial charge in [0.05, 0.1) is 0 Å². The molecule has 0 aromatic carbocycles. The van der Waals surface area contributed by atoms with Gasteiger partial charge in [-0.1, -0.05) is 6.42 Å². The third-order valence-electron chi connectivity index (χ3n) is 0.283. The average molecular weight is 290 g/mol. The number of halogens is 4. The number of hydrogen-bond acceptors (Lipinski definition) is 0. The van der Waals surface area contributed by atoms with Crippen LogP contribution in [0.25, 0.3) is 0 Å². The van der Waals surface area contributed by atoms with E-state index in [0.717, 1.165) is 0 Å². The first-order valence-electron chi connectivity index (χ1n) is 1.42. The fraction of sp³-hybridized carbons (Fsp3) is 0.667. The fourth-order valence-corrected chi connectivity index (χ4v) is 0. The summed E-state index contributed by atoms with van der Waals surface area (Å²) < 4.78 is 32.2. The summed E-state index contributed by atoms with van der Waals surface area (Å²) in [4.78, 5) is 0. The summed E-state index contributed by atoms with van der Waals surface area (Å²) in [6.07, 6.45) is -5.05. The van der Waals surface area contributed by atoms with Crippen LogP contribution in [0.4, 0.5) is 13.2 Å². The molecule has 0 aliphatic carbocycles. The summed E-state index contributed by atoms with van der Waals surface area (Å²) in [7, 11) is 0. The number of alkyl halides is 3. The van der Waals surface area contributed by atoms with Crippen molar-refractivity contribution in [2.75, 3.05) is 0 Å². The molecule has 0 spiro atoms. The molecule has 0 unspecified atom stereocenters. The smallest absolute Gasteiger partial charge is 0.335 e. The molecule has 5 heteroatoms. The molecule has 0 amide bonds. The van der Waals surface area contributed by atoms with Crippen LogP contribution in [0.15, 0.2) is 0 Å². The van der Waals surface area contributed by atoms with E-state index in [4.69, 9.17) is 0 Å². The van der Waals surface area contributed by atoms with E-state index in [1.54, 1.807) is 0 Å². The summed E-state index contributed by atoms with van der Waals surface area (Å²) in [5.74, 6) is 0. The average Bonchev–Trinajstić information content (AvgIpc) is 1.35. The Balaban J connectivity index is -0.000000125. The van der Waals surface area contributed by atoms with Crippen LogP contribution in [0.1, 0.15) is 6.42 Å². The monoisotopic (exact) mass is 289 g/mol. The molecule has 0 atom stereocenters. The first-order valence-corrected chi connectivity index (χ1v) is 1.42. The molecule has 0 fully saturated rings. The Morgan fingerprint density at radius 2 is 1.38 bits per heavy atom. The van der Waals surface area contributed by atoms with Crippen molar-refractivity contribution in [1.82, 2.24) is 0 Å². The molecular weight excluding hydrogens is 285 g/mol. The second kappa shape index (κ2) is 6.27. The van der Waals surface area contributed by atoms with Crippen molar-refractivity contribution in [2.24, 2.45) is 0 Å². The van der Waals surface area contributed by atoms with Gasteiger partial charge in [0.2, 0.25) is 0 Å². The van der Waals surface area contributed by atoms with E-state index in [1.807, 2.05) is 0 Å². The molecule has 0 saturated carbocycles. The van der Waals surface area contributed by atoms with Gasteiger partial charge in [-0.2, -0.15) is 13.2 Å². The van der Waals surface area contributed by atoms with Gasteiger partial charge in [-0.25, -0.2) is 0 Å². The van der Waals surface area contributed by atoms with Crippen molar-refractivity contribution in [3.8, 4) is 0 Å². The van der Waals surface area contributed by atoms with Gasteiger partial charge in [0.15, 0.2) is 0 Å². The molecule has 0 rings (SSSR count). The van der Waals surface area contributed by atoms with E-state index in [9.17, 15) is 13.2 Å². The van der Waals surface area contributed by atoms with Crippen LogP contribution in [-0.2, 0) is 19.5 Å². The van der Waals surface area contributed by atoms with Crippen molar-refractivity contribution in [1.29, 1.82) is 0 Å². The van der Waals surface area contributed by atoms with Crippen LogP contribution in [0.5, 0.6) is 0 Å². The zero-order valence-corrected chi connectivity index (χ0v) is 9.46. The molecule has 0 saturated heterocycles. The first kappa shape index (κ1) is 16.1. The summed E-state index contributed by atoms with van der Waals surface area (Å²) in [6.45, 7) is 2.63. The van der Waals surface area contributed by atoms with Gasteiger partial charge in [0.25, 0.3) is 0 Å². The summed E-state index contributed by atoms with van der Waals surface area (Å²) >= 11 is 0. The minimum absolute atomic E-state index is 0. The molecule has 0 N–H and O–H groups in total. The van der Waals surface area contributed by atoms with Crippen molar-refractivity contribution in [2.45, 2.75) is 12.6 Å². The topological polar surface area (TPSA) is 0 Å². The van der Waals surface area contributed by atoms with Crippen LogP contribution in [0.3, 0.4) is 0 Å². The molecule has 0 aromatic heterocycles. The van der Waals surface area contributed by atoms with Crippen LogP contribution < -0.4 is 0 Å². The van der Waals surface area contributed by atoms with Gasteiger partial charge in [0, 0.05) is 19.5 Å². The number of hydrogen-bond donors (Lipinski definition) is 0. The van der Waals surface area contributed by atoms with Crippen molar-refractivity contribution in [3.05, 3.63) is 6.92 Å². The zero-order valence-electron chi connectivity index (χ0n) is 4.16. The Bertz CT molecular complexity index is 44.3. The van der Waals surface area contributed by atoms with Gasteiger partial charge in [0.1, 0.15) is 0 Å². The van der Waals surface area contributed by atoms with Gasteiger partial charge in [-0.05, 0) is 0 Å². The maximum absolute atomic E-state index is 10.7. The van der Waals surface area contributed by atoms with E-state index in [2.05, 4.69) is 6.92 Å². The molecule has 8 heavy (non-hydrogen) atoms. The molecule has 0 bridgehead atoms. The van der Waals surface area contributed by atoms with Crippen molar-refractivity contribution in [3.63, 3.8) is 0 Å². The van der Waals surface area contributed by atoms with Gasteiger partial charge in [-0.3, -0.25) is 0 Å². The van der Waals surface area contributed by atoms with Gasteiger partial charge < -0.3 is 6.92 Å². The third kappa shape index (κ3) is 15.7. The minimum Gasteiger partial charge on any atom is -0.335 e. The summed E-state index contributed by atoms with van der Waals surface area (Å²) in [6, 6.07) is 0. The molecule has 48 valence electrons. The molecule has 0 aromatic rings. The van der Waals surface area contributed by atoms with Crippen molar-refractivity contribution >= 4 is 24.0 Å². The quantitative estimate of drug-likeness (QED) is 0.365. The Hall–Kier alpha value is 1.14. The normalized spacial score (nSPS) is 9.00. The zero-order chi connectivity index (χ0) is 5.21. The van der Waals surface area contributed by atoms with Crippen LogP contribution in [-0.4, -0.2) is 6.18 Å². The summed E-state index contributed by atoms with van der Waals surface area (Å²) in [5.41, 5.74) is 0. The molecule has 0 aliphatic heterocycles. The number of rotatable bonds is 0. The van der Waals surface area contributed by atoms with Crippen LogP contribution in [0.2, 0.25) is 0 Å². The molecule has 0 heterocycles. The van der Waals surface area contributed by atoms with E-state index in [0.29, 0.717) is 0 Å². The van der Waals surface area contributed by atoms with E-state index in [1.165, 1.54) is 0 Å². The Morgan fingerprint density at radius 1 is 1.25 bits per heavy atom. The second-order valence-electron chi connectivity index (χ2n) is 0.865. The van der Waals surface area contributed by atoms with E-state index < -0.39 is 12.6 Å². The van der Waals surface area contributed by atoms with E-state index in [-0.39, 0.29) is 43.5 Å². The van der Waals surface area contributed by atoms with Gasteiger partial charge >= 0.3 is 6.18 Å². The Labute approximate surface area is 76.0 Å². The molecule has 0 nitrogen and oxygen atoms in total. The Morgan fingerprint density at radius 3 is 1.38 bits per heavy atom. The SMILES string of the molecule is I.[CH2-]CC(F)(F)F.[Zn]. The molecule has 0 aliphatic rings. The van der Waals surface area contributed by atoms with Gasteiger partial charge in [-0.15, -0.1) is 24.0 Å². The van der Waals surface area contributed by atoms with E-state index >= 15 is 0 Å².